The summed E-state index contributed by atoms with van der Waals surface area (Å²) in [5, 5.41) is 0. The van der Waals surface area contributed by atoms with Gasteiger partial charge >= 0.3 is 0 Å². The maximum atomic E-state index is 14.0. The number of hydrogen-bond acceptors (Lipinski definition) is 4. The maximum Gasteiger partial charge on any atom is 0.261 e. The van der Waals surface area contributed by atoms with Gasteiger partial charge in [0.25, 0.3) is 10.0 Å². The molecule has 0 saturated carbocycles. The molecule has 1 N–H and O–H groups in total. The first-order valence-electron chi connectivity index (χ1n) is 10.3. The number of ether oxygens (including phenoxy) is 2. The molecule has 33 heavy (non-hydrogen) atoms. The molecular formula is C26H20FNO4S. The fourth-order valence-corrected chi connectivity index (χ4v) is 5.11. The molecule has 5 rings (SSSR count). The molecule has 7 heteroatoms. The highest BCUT2D eigenvalue weighted by atomic mass is 32.2. The van der Waals surface area contributed by atoms with Gasteiger partial charge in [-0.15, -0.1) is 0 Å². The fraction of sp³-hybridized carbons (Fsp3) is 0.0769. The Morgan fingerprint density at radius 1 is 0.909 bits per heavy atom. The van der Waals surface area contributed by atoms with Crippen molar-refractivity contribution >= 4 is 15.7 Å². The average Bonchev–Trinajstić information content (AvgIpc) is 2.83. The minimum Gasteiger partial charge on any atom is -0.496 e. The van der Waals surface area contributed by atoms with Crippen molar-refractivity contribution in [2.75, 3.05) is 11.8 Å². The molecule has 1 atom stereocenters. The van der Waals surface area contributed by atoms with Crippen molar-refractivity contribution in [3.63, 3.8) is 0 Å². The number of halogens is 1. The van der Waals surface area contributed by atoms with Crippen LogP contribution in [0.2, 0.25) is 0 Å². The Balaban J connectivity index is 1.64. The predicted octanol–water partition coefficient (Wildman–Crippen LogP) is 5.78. The van der Waals surface area contributed by atoms with E-state index in [1.165, 1.54) is 24.3 Å². The summed E-state index contributed by atoms with van der Waals surface area (Å²) >= 11 is 0. The summed E-state index contributed by atoms with van der Waals surface area (Å²) in [6.45, 7) is 0. The molecule has 0 fully saturated rings. The quantitative estimate of drug-likeness (QED) is 0.409. The van der Waals surface area contributed by atoms with Crippen LogP contribution in [0.1, 0.15) is 17.2 Å². The number of methoxy groups -OCH3 is 1. The third-order valence-corrected chi connectivity index (χ3v) is 6.91. The molecule has 1 aliphatic heterocycles. The van der Waals surface area contributed by atoms with Crippen LogP contribution in [0.5, 0.6) is 11.5 Å². The van der Waals surface area contributed by atoms with Crippen LogP contribution in [0.3, 0.4) is 0 Å². The van der Waals surface area contributed by atoms with Crippen molar-refractivity contribution in [1.29, 1.82) is 0 Å². The first-order chi connectivity index (χ1) is 16.0. The Labute approximate surface area is 191 Å². The Bertz CT molecular complexity index is 1440. The third-order valence-electron chi connectivity index (χ3n) is 5.51. The Morgan fingerprint density at radius 3 is 2.45 bits per heavy atom. The van der Waals surface area contributed by atoms with E-state index in [0.717, 1.165) is 11.1 Å². The smallest absolute Gasteiger partial charge is 0.261 e. The molecule has 4 aromatic carbocycles. The highest BCUT2D eigenvalue weighted by molar-refractivity contribution is 7.92. The van der Waals surface area contributed by atoms with E-state index in [2.05, 4.69) is 4.72 Å². The molecule has 166 valence electrons. The van der Waals surface area contributed by atoms with Gasteiger partial charge in [-0.1, -0.05) is 42.5 Å². The molecule has 0 amide bonds. The van der Waals surface area contributed by atoms with Crippen molar-refractivity contribution in [3.8, 4) is 22.6 Å². The Morgan fingerprint density at radius 2 is 1.70 bits per heavy atom. The summed E-state index contributed by atoms with van der Waals surface area (Å²) in [4.78, 5) is 0.160. The van der Waals surface area contributed by atoms with Gasteiger partial charge in [-0.3, -0.25) is 4.72 Å². The van der Waals surface area contributed by atoms with Crippen molar-refractivity contribution in [2.45, 2.75) is 11.0 Å². The average molecular weight is 462 g/mol. The summed E-state index contributed by atoms with van der Waals surface area (Å²) in [7, 11) is -2.20. The van der Waals surface area contributed by atoms with Gasteiger partial charge in [0.05, 0.1) is 17.6 Å². The van der Waals surface area contributed by atoms with Gasteiger partial charge in [-0.2, -0.15) is 0 Å². The minimum atomic E-state index is -3.78. The summed E-state index contributed by atoms with van der Waals surface area (Å²) < 4.78 is 54.2. The van der Waals surface area contributed by atoms with Gasteiger partial charge in [0.15, 0.2) is 0 Å². The molecule has 0 bridgehead atoms. The van der Waals surface area contributed by atoms with Gasteiger partial charge in [0.2, 0.25) is 0 Å². The number of nitrogens with one attached hydrogen (secondary N) is 1. The predicted molar refractivity (Wildman–Crippen MR) is 125 cm³/mol. The van der Waals surface area contributed by atoms with Crippen LogP contribution in [-0.4, -0.2) is 15.5 Å². The maximum absolute atomic E-state index is 14.0. The second-order valence-corrected chi connectivity index (χ2v) is 9.29. The zero-order chi connectivity index (χ0) is 23.0. The number of benzene rings is 4. The van der Waals surface area contributed by atoms with E-state index in [1.54, 1.807) is 49.6 Å². The number of rotatable bonds is 5. The van der Waals surface area contributed by atoms with Crippen LogP contribution in [0.4, 0.5) is 10.1 Å². The van der Waals surface area contributed by atoms with Crippen LogP contribution in [0, 0.1) is 5.82 Å². The molecule has 5 nitrogen and oxygen atoms in total. The minimum absolute atomic E-state index is 0.160. The highest BCUT2D eigenvalue weighted by Crippen LogP contribution is 2.49. The van der Waals surface area contributed by atoms with Crippen LogP contribution in [0.15, 0.2) is 95.9 Å². The first-order valence-corrected chi connectivity index (χ1v) is 11.8. The Hall–Kier alpha value is -3.84. The highest BCUT2D eigenvalue weighted by Gasteiger charge is 2.30. The van der Waals surface area contributed by atoms with E-state index >= 15 is 0 Å². The SMILES string of the molecule is COc1cccc2c1-c1ccc(NS(=O)(=O)c3ccccc3)cc1C(c1cccc(F)c1)O2. The summed E-state index contributed by atoms with van der Waals surface area (Å²) in [6.07, 6.45) is -0.628. The second kappa shape index (κ2) is 8.26. The second-order valence-electron chi connectivity index (χ2n) is 7.61. The largest absolute Gasteiger partial charge is 0.496 e. The first kappa shape index (κ1) is 21.0. The molecule has 0 aromatic heterocycles. The number of hydrogen-bond donors (Lipinski definition) is 1. The molecule has 1 aliphatic rings. The monoisotopic (exact) mass is 461 g/mol. The number of sulfonamides is 1. The standard InChI is InChI=1S/C26H20FNO4S/c1-31-23-11-6-12-24-25(23)21-14-13-19(28-33(29,30)20-9-3-2-4-10-20)16-22(21)26(32-24)17-7-5-8-18(27)15-17/h2-16,26,28H,1H3. The molecule has 1 heterocycles. The topological polar surface area (TPSA) is 64.6 Å². The number of anilines is 1. The lowest BCUT2D eigenvalue weighted by Crippen LogP contribution is -2.18. The van der Waals surface area contributed by atoms with E-state index in [4.69, 9.17) is 9.47 Å². The van der Waals surface area contributed by atoms with E-state index in [-0.39, 0.29) is 10.7 Å². The van der Waals surface area contributed by atoms with Crippen molar-refractivity contribution in [3.05, 3.63) is 108 Å². The van der Waals surface area contributed by atoms with Crippen molar-refractivity contribution in [2.24, 2.45) is 0 Å². The van der Waals surface area contributed by atoms with Crippen LogP contribution < -0.4 is 14.2 Å². The summed E-state index contributed by atoms with van der Waals surface area (Å²) in [6, 6.07) is 25.1. The molecule has 0 spiro atoms. The molecular weight excluding hydrogens is 441 g/mol. The van der Waals surface area contributed by atoms with Gasteiger partial charge in [-0.25, -0.2) is 12.8 Å². The van der Waals surface area contributed by atoms with Gasteiger partial charge in [-0.05, 0) is 59.7 Å². The zero-order valence-electron chi connectivity index (χ0n) is 17.7. The lowest BCUT2D eigenvalue weighted by atomic mass is 9.89. The van der Waals surface area contributed by atoms with Crippen LogP contribution in [-0.2, 0) is 10.0 Å². The molecule has 0 saturated heterocycles. The van der Waals surface area contributed by atoms with Crippen molar-refractivity contribution < 1.29 is 22.3 Å². The van der Waals surface area contributed by atoms with Crippen molar-refractivity contribution in [1.82, 2.24) is 0 Å². The fourth-order valence-electron chi connectivity index (χ4n) is 4.04. The molecule has 0 radical (unpaired) electrons. The van der Waals surface area contributed by atoms with E-state index < -0.39 is 16.1 Å². The van der Waals surface area contributed by atoms with Gasteiger partial charge in [0.1, 0.15) is 23.4 Å². The summed E-state index contributed by atoms with van der Waals surface area (Å²) in [5.74, 6) is 0.854. The Kier molecular flexibility index (Phi) is 5.26. The van der Waals surface area contributed by atoms with E-state index in [9.17, 15) is 12.8 Å². The summed E-state index contributed by atoms with van der Waals surface area (Å²) in [5.41, 5.74) is 3.28. The third kappa shape index (κ3) is 3.91. The molecule has 1 unspecified atom stereocenters. The van der Waals surface area contributed by atoms with Gasteiger partial charge < -0.3 is 9.47 Å². The molecule has 4 aromatic rings. The number of fused-ring (bicyclic) bond motifs is 3. The van der Waals surface area contributed by atoms with E-state index in [1.807, 2.05) is 24.3 Å². The zero-order valence-corrected chi connectivity index (χ0v) is 18.5. The van der Waals surface area contributed by atoms with E-state index in [0.29, 0.717) is 28.3 Å². The van der Waals surface area contributed by atoms with Gasteiger partial charge in [0, 0.05) is 11.3 Å². The van der Waals surface area contributed by atoms with Crippen LogP contribution in [0.25, 0.3) is 11.1 Å². The lowest BCUT2D eigenvalue weighted by Gasteiger charge is -2.30. The molecule has 0 aliphatic carbocycles. The lowest BCUT2D eigenvalue weighted by molar-refractivity contribution is 0.241. The normalized spacial score (nSPS) is 14.5. The van der Waals surface area contributed by atoms with Crippen LogP contribution >= 0.6 is 0 Å².